The van der Waals surface area contributed by atoms with Crippen LogP contribution < -0.4 is 0 Å². The second kappa shape index (κ2) is 3.50. The first-order chi connectivity index (χ1) is 7.24. The van der Waals surface area contributed by atoms with Gasteiger partial charge in [0.1, 0.15) is 6.29 Å². The summed E-state index contributed by atoms with van der Waals surface area (Å²) in [5.41, 5.74) is 0.268. The second-order valence-electron chi connectivity index (χ2n) is 3.80. The fraction of sp³-hybridized carbons (Fsp3) is 0.333. The average molecular weight is 204 g/mol. The fourth-order valence-electron chi connectivity index (χ4n) is 1.98. The molecule has 0 amide bonds. The Hall–Kier alpha value is -1.64. The SMILES string of the molecule is COC(=O)C1CC1(C=O)c1ccccc1. The van der Waals surface area contributed by atoms with E-state index in [2.05, 4.69) is 4.74 Å². The summed E-state index contributed by atoms with van der Waals surface area (Å²) in [6.07, 6.45) is 1.43. The molecule has 78 valence electrons. The molecule has 1 aromatic rings. The number of hydrogen-bond acceptors (Lipinski definition) is 3. The van der Waals surface area contributed by atoms with E-state index in [-0.39, 0.29) is 11.9 Å². The smallest absolute Gasteiger partial charge is 0.310 e. The average Bonchev–Trinajstić information content (AvgIpc) is 3.05. The van der Waals surface area contributed by atoms with Crippen LogP contribution in [0.5, 0.6) is 0 Å². The molecule has 0 aromatic heterocycles. The van der Waals surface area contributed by atoms with Gasteiger partial charge in [0.25, 0.3) is 0 Å². The lowest BCUT2D eigenvalue weighted by molar-refractivity contribution is -0.143. The van der Waals surface area contributed by atoms with Crippen LogP contribution in [-0.2, 0) is 19.7 Å². The Labute approximate surface area is 88.1 Å². The van der Waals surface area contributed by atoms with Gasteiger partial charge >= 0.3 is 5.97 Å². The highest BCUT2D eigenvalue weighted by atomic mass is 16.5. The molecule has 0 heterocycles. The van der Waals surface area contributed by atoms with Crippen LogP contribution >= 0.6 is 0 Å². The predicted octanol–water partition coefficient (Wildman–Crippen LogP) is 1.32. The monoisotopic (exact) mass is 204 g/mol. The van der Waals surface area contributed by atoms with Crippen molar-refractivity contribution in [3.05, 3.63) is 35.9 Å². The molecular weight excluding hydrogens is 192 g/mol. The van der Waals surface area contributed by atoms with E-state index >= 15 is 0 Å². The molecule has 0 radical (unpaired) electrons. The Morgan fingerprint density at radius 3 is 2.67 bits per heavy atom. The zero-order valence-electron chi connectivity index (χ0n) is 8.47. The Balaban J connectivity index is 2.28. The van der Waals surface area contributed by atoms with Gasteiger partial charge in [-0.05, 0) is 12.0 Å². The Morgan fingerprint density at radius 2 is 2.13 bits per heavy atom. The maximum Gasteiger partial charge on any atom is 0.310 e. The van der Waals surface area contributed by atoms with Crippen LogP contribution in [0.1, 0.15) is 12.0 Å². The van der Waals surface area contributed by atoms with Crippen LogP contribution in [0.3, 0.4) is 0 Å². The standard InChI is InChI=1S/C12H12O3/c1-15-11(14)10-7-12(10,8-13)9-5-3-2-4-6-9/h2-6,8,10H,7H2,1H3. The van der Waals surface area contributed by atoms with Crippen LogP contribution in [0.15, 0.2) is 30.3 Å². The van der Waals surface area contributed by atoms with Crippen LogP contribution in [0, 0.1) is 5.92 Å². The molecule has 0 N–H and O–H groups in total. The van der Waals surface area contributed by atoms with E-state index in [1.165, 1.54) is 7.11 Å². The molecule has 1 fully saturated rings. The van der Waals surface area contributed by atoms with Gasteiger partial charge in [-0.25, -0.2) is 0 Å². The summed E-state index contributed by atoms with van der Waals surface area (Å²) >= 11 is 0. The first-order valence-corrected chi connectivity index (χ1v) is 4.84. The maximum atomic E-state index is 11.3. The van der Waals surface area contributed by atoms with Crippen molar-refractivity contribution in [2.45, 2.75) is 11.8 Å². The van der Waals surface area contributed by atoms with Crippen molar-refractivity contribution in [2.24, 2.45) is 5.92 Å². The third-order valence-electron chi connectivity index (χ3n) is 3.01. The number of benzene rings is 1. The van der Waals surface area contributed by atoms with Crippen molar-refractivity contribution in [1.29, 1.82) is 0 Å². The molecule has 2 rings (SSSR count). The summed E-state index contributed by atoms with van der Waals surface area (Å²) in [7, 11) is 1.35. The van der Waals surface area contributed by atoms with Crippen molar-refractivity contribution >= 4 is 12.3 Å². The van der Waals surface area contributed by atoms with Gasteiger partial charge in [-0.1, -0.05) is 30.3 Å². The van der Waals surface area contributed by atoms with Crippen LogP contribution in [-0.4, -0.2) is 19.4 Å². The van der Waals surface area contributed by atoms with E-state index in [1.54, 1.807) is 0 Å². The molecule has 1 aliphatic carbocycles. The third kappa shape index (κ3) is 1.44. The van der Waals surface area contributed by atoms with Crippen LogP contribution in [0.25, 0.3) is 0 Å². The summed E-state index contributed by atoms with van der Waals surface area (Å²) in [5.74, 6) is -0.603. The number of esters is 1. The lowest BCUT2D eigenvalue weighted by Crippen LogP contribution is -2.17. The molecular formula is C12H12O3. The van der Waals surface area contributed by atoms with E-state index in [1.807, 2.05) is 30.3 Å². The Bertz CT molecular complexity index is 385. The van der Waals surface area contributed by atoms with Crippen molar-refractivity contribution in [1.82, 2.24) is 0 Å². The molecule has 2 unspecified atom stereocenters. The Kier molecular flexibility index (Phi) is 2.31. The highest BCUT2D eigenvalue weighted by Crippen LogP contribution is 2.53. The molecule has 0 bridgehead atoms. The first kappa shape index (κ1) is 9.90. The minimum atomic E-state index is -0.631. The van der Waals surface area contributed by atoms with E-state index in [0.29, 0.717) is 6.42 Å². The van der Waals surface area contributed by atoms with E-state index in [0.717, 1.165) is 11.8 Å². The van der Waals surface area contributed by atoms with E-state index in [9.17, 15) is 9.59 Å². The zero-order valence-corrected chi connectivity index (χ0v) is 8.47. The van der Waals surface area contributed by atoms with E-state index in [4.69, 9.17) is 0 Å². The molecule has 2 atom stereocenters. The molecule has 0 saturated heterocycles. The van der Waals surface area contributed by atoms with Crippen molar-refractivity contribution < 1.29 is 14.3 Å². The Morgan fingerprint density at radius 1 is 1.47 bits per heavy atom. The molecule has 15 heavy (non-hydrogen) atoms. The van der Waals surface area contributed by atoms with Gasteiger partial charge in [0.2, 0.25) is 0 Å². The normalized spacial score (nSPS) is 28.2. The third-order valence-corrected chi connectivity index (χ3v) is 3.01. The van der Waals surface area contributed by atoms with Crippen molar-refractivity contribution in [3.63, 3.8) is 0 Å². The minimum Gasteiger partial charge on any atom is -0.469 e. The lowest BCUT2D eigenvalue weighted by Gasteiger charge is -2.08. The van der Waals surface area contributed by atoms with Crippen LogP contribution in [0.2, 0.25) is 0 Å². The quantitative estimate of drug-likeness (QED) is 0.551. The lowest BCUT2D eigenvalue weighted by atomic mass is 9.95. The fourth-order valence-corrected chi connectivity index (χ4v) is 1.98. The van der Waals surface area contributed by atoms with Crippen molar-refractivity contribution in [3.8, 4) is 0 Å². The number of methoxy groups -OCH3 is 1. The largest absolute Gasteiger partial charge is 0.469 e. The van der Waals surface area contributed by atoms with E-state index < -0.39 is 5.41 Å². The number of ether oxygens (including phenoxy) is 1. The summed E-state index contributed by atoms with van der Waals surface area (Å²) in [6.45, 7) is 0. The van der Waals surface area contributed by atoms with Gasteiger partial charge in [-0.3, -0.25) is 4.79 Å². The zero-order chi connectivity index (χ0) is 10.9. The van der Waals surface area contributed by atoms with Crippen LogP contribution in [0.4, 0.5) is 0 Å². The van der Waals surface area contributed by atoms with Gasteiger partial charge in [0.15, 0.2) is 0 Å². The molecule has 1 aromatic carbocycles. The van der Waals surface area contributed by atoms with Gasteiger partial charge in [0, 0.05) is 0 Å². The summed E-state index contributed by atoms with van der Waals surface area (Å²) < 4.78 is 4.65. The first-order valence-electron chi connectivity index (χ1n) is 4.84. The predicted molar refractivity (Wildman–Crippen MR) is 54.3 cm³/mol. The molecule has 0 aliphatic heterocycles. The highest BCUT2D eigenvalue weighted by molar-refractivity contribution is 5.89. The number of carbonyl (C=O) groups excluding carboxylic acids is 2. The summed E-state index contributed by atoms with van der Waals surface area (Å²) in [4.78, 5) is 22.5. The van der Waals surface area contributed by atoms with Gasteiger partial charge in [0.05, 0.1) is 18.4 Å². The number of rotatable bonds is 3. The van der Waals surface area contributed by atoms with Gasteiger partial charge < -0.3 is 9.53 Å². The number of hydrogen-bond donors (Lipinski definition) is 0. The molecule has 3 nitrogen and oxygen atoms in total. The topological polar surface area (TPSA) is 43.4 Å². The molecule has 1 saturated carbocycles. The summed E-state index contributed by atoms with van der Waals surface area (Å²) in [5, 5.41) is 0. The number of aldehydes is 1. The molecule has 1 aliphatic rings. The second-order valence-corrected chi connectivity index (χ2v) is 3.80. The molecule has 0 spiro atoms. The summed E-state index contributed by atoms with van der Waals surface area (Å²) in [6, 6.07) is 9.37. The number of carbonyl (C=O) groups is 2. The molecule has 3 heteroatoms. The highest BCUT2D eigenvalue weighted by Gasteiger charge is 2.60. The van der Waals surface area contributed by atoms with Crippen molar-refractivity contribution in [2.75, 3.05) is 7.11 Å². The minimum absolute atomic E-state index is 0.300. The maximum absolute atomic E-state index is 11.3. The van der Waals surface area contributed by atoms with Gasteiger partial charge in [-0.2, -0.15) is 0 Å². The van der Waals surface area contributed by atoms with Gasteiger partial charge in [-0.15, -0.1) is 0 Å².